The first-order valence-corrected chi connectivity index (χ1v) is 5.41. The minimum absolute atomic E-state index is 0.259. The van der Waals surface area contributed by atoms with Crippen LogP contribution in [0.5, 0.6) is 5.75 Å². The van der Waals surface area contributed by atoms with Gasteiger partial charge in [0.2, 0.25) is 0 Å². The molecule has 0 aromatic heterocycles. The summed E-state index contributed by atoms with van der Waals surface area (Å²) in [4.78, 5) is 3.83. The van der Waals surface area contributed by atoms with E-state index in [-0.39, 0.29) is 5.82 Å². The number of hydrogen-bond acceptors (Lipinski definition) is 2. The molecule has 0 aliphatic carbocycles. The molecule has 0 amide bonds. The fourth-order valence-corrected chi connectivity index (χ4v) is 0.951. The van der Waals surface area contributed by atoms with Crippen molar-refractivity contribution in [3.05, 3.63) is 30.1 Å². The molecule has 0 unspecified atom stereocenters. The predicted octanol–water partition coefficient (Wildman–Crippen LogP) is 2.61. The quantitative estimate of drug-likeness (QED) is 0.476. The van der Waals surface area contributed by atoms with Crippen LogP contribution in [0.4, 0.5) is 4.39 Å². The Morgan fingerprint density at radius 2 is 1.94 bits per heavy atom. The highest BCUT2D eigenvalue weighted by molar-refractivity contribution is 5.50. The molecule has 0 heterocycles. The molecule has 1 aromatic carbocycles. The summed E-state index contributed by atoms with van der Waals surface area (Å²) < 4.78 is 17.8. The molecule has 1 rings (SSSR count). The smallest absolute Gasteiger partial charge is 0.123 e. The lowest BCUT2D eigenvalue weighted by molar-refractivity contribution is 0.313. The molecule has 16 heavy (non-hydrogen) atoms. The van der Waals surface area contributed by atoms with Crippen LogP contribution in [0.3, 0.4) is 0 Å². The molecule has 4 heteroatoms. The summed E-state index contributed by atoms with van der Waals surface area (Å²) >= 11 is 0. The van der Waals surface area contributed by atoms with Crippen LogP contribution >= 0.6 is 0 Å². The van der Waals surface area contributed by atoms with Crippen LogP contribution in [0, 0.1) is 5.82 Å². The van der Waals surface area contributed by atoms with E-state index in [1.54, 1.807) is 12.1 Å². The van der Waals surface area contributed by atoms with Gasteiger partial charge < -0.3 is 10.5 Å². The van der Waals surface area contributed by atoms with Crippen molar-refractivity contribution in [1.29, 1.82) is 0 Å². The summed E-state index contributed by atoms with van der Waals surface area (Å²) in [6, 6.07) is 5.93. The van der Waals surface area contributed by atoms with E-state index < -0.39 is 0 Å². The van der Waals surface area contributed by atoms with Crippen LogP contribution in [-0.2, 0) is 0 Å². The van der Waals surface area contributed by atoms with E-state index in [0.717, 1.165) is 6.42 Å². The lowest BCUT2D eigenvalue weighted by Gasteiger charge is -2.03. The summed E-state index contributed by atoms with van der Waals surface area (Å²) in [6.45, 7) is 5.21. The van der Waals surface area contributed by atoms with E-state index in [2.05, 4.69) is 4.99 Å². The Kier molecular flexibility index (Phi) is 8.97. The SMILES string of the molecule is CC.NC=NCCCOc1ccc(F)cc1. The normalized spacial score (nSPS) is 9.69. The summed E-state index contributed by atoms with van der Waals surface area (Å²) in [5, 5.41) is 0. The number of benzene rings is 1. The number of rotatable bonds is 5. The van der Waals surface area contributed by atoms with Gasteiger partial charge in [0.15, 0.2) is 0 Å². The zero-order valence-electron chi connectivity index (χ0n) is 9.82. The Labute approximate surface area is 96.1 Å². The largest absolute Gasteiger partial charge is 0.494 e. The van der Waals surface area contributed by atoms with Gasteiger partial charge in [-0.3, -0.25) is 4.99 Å². The molecule has 0 aliphatic rings. The van der Waals surface area contributed by atoms with Gasteiger partial charge in [-0.1, -0.05) is 13.8 Å². The third kappa shape index (κ3) is 6.81. The molecule has 0 spiro atoms. The summed E-state index contributed by atoms with van der Waals surface area (Å²) in [6.07, 6.45) is 2.07. The molecule has 90 valence electrons. The molecule has 3 nitrogen and oxygen atoms in total. The predicted molar refractivity (Wildman–Crippen MR) is 65.4 cm³/mol. The summed E-state index contributed by atoms with van der Waals surface area (Å²) in [7, 11) is 0. The van der Waals surface area contributed by atoms with Gasteiger partial charge in [0.25, 0.3) is 0 Å². The third-order valence-corrected chi connectivity index (χ3v) is 1.62. The van der Waals surface area contributed by atoms with Crippen molar-refractivity contribution in [3.8, 4) is 5.75 Å². The Hall–Kier alpha value is -1.58. The van der Waals surface area contributed by atoms with Crippen LogP contribution in [0.2, 0.25) is 0 Å². The standard InChI is InChI=1S/C10H13FN2O.C2H6/c11-9-2-4-10(5-3-9)14-7-1-6-13-8-12;1-2/h2-5,8H,1,6-7H2,(H2,12,13);1-2H3. The lowest BCUT2D eigenvalue weighted by Crippen LogP contribution is -2.00. The van der Waals surface area contributed by atoms with Gasteiger partial charge in [0.05, 0.1) is 12.9 Å². The van der Waals surface area contributed by atoms with Crippen LogP contribution in [0.15, 0.2) is 29.3 Å². The fourth-order valence-electron chi connectivity index (χ4n) is 0.951. The molecule has 0 fully saturated rings. The Balaban J connectivity index is 0.00000106. The highest BCUT2D eigenvalue weighted by atomic mass is 19.1. The molecule has 0 saturated carbocycles. The molecule has 2 N–H and O–H groups in total. The minimum atomic E-state index is -0.259. The molecular weight excluding hydrogens is 207 g/mol. The number of ether oxygens (including phenoxy) is 1. The first-order valence-electron chi connectivity index (χ1n) is 5.41. The number of hydrogen-bond donors (Lipinski definition) is 1. The number of nitrogens with zero attached hydrogens (tertiary/aromatic N) is 1. The van der Waals surface area contributed by atoms with Crippen molar-refractivity contribution in [2.45, 2.75) is 20.3 Å². The van der Waals surface area contributed by atoms with Gasteiger partial charge in [-0.25, -0.2) is 4.39 Å². The van der Waals surface area contributed by atoms with Crippen molar-refractivity contribution in [2.75, 3.05) is 13.2 Å². The summed E-state index contributed by atoms with van der Waals surface area (Å²) in [5.41, 5.74) is 5.06. The average Bonchev–Trinajstić information content (AvgIpc) is 2.34. The van der Waals surface area contributed by atoms with Crippen molar-refractivity contribution in [1.82, 2.24) is 0 Å². The van der Waals surface area contributed by atoms with Crippen LogP contribution in [-0.4, -0.2) is 19.5 Å². The van der Waals surface area contributed by atoms with Crippen LogP contribution in [0.25, 0.3) is 0 Å². The van der Waals surface area contributed by atoms with E-state index >= 15 is 0 Å². The van der Waals surface area contributed by atoms with Gasteiger partial charge in [0, 0.05) is 13.0 Å². The molecule has 0 radical (unpaired) electrons. The van der Waals surface area contributed by atoms with Gasteiger partial charge in [-0.15, -0.1) is 0 Å². The first-order chi connectivity index (χ1) is 7.83. The van der Waals surface area contributed by atoms with Crippen molar-refractivity contribution in [3.63, 3.8) is 0 Å². The lowest BCUT2D eigenvalue weighted by atomic mass is 10.3. The molecule has 0 saturated heterocycles. The van der Waals surface area contributed by atoms with Gasteiger partial charge in [0.1, 0.15) is 11.6 Å². The van der Waals surface area contributed by atoms with Crippen molar-refractivity contribution >= 4 is 6.34 Å². The van der Waals surface area contributed by atoms with E-state index in [4.69, 9.17) is 10.5 Å². The zero-order valence-corrected chi connectivity index (χ0v) is 9.82. The van der Waals surface area contributed by atoms with Crippen molar-refractivity contribution < 1.29 is 9.13 Å². The second-order valence-corrected chi connectivity index (χ2v) is 2.71. The highest BCUT2D eigenvalue weighted by Crippen LogP contribution is 2.10. The van der Waals surface area contributed by atoms with E-state index in [9.17, 15) is 4.39 Å². The molecule has 0 aliphatic heterocycles. The second-order valence-electron chi connectivity index (χ2n) is 2.71. The maximum Gasteiger partial charge on any atom is 0.123 e. The number of nitrogens with two attached hydrogens (primary N) is 1. The van der Waals surface area contributed by atoms with Gasteiger partial charge in [-0.2, -0.15) is 0 Å². The molecule has 0 atom stereocenters. The number of aliphatic imine (C=N–C) groups is 1. The molecular formula is C12H19FN2O. The highest BCUT2D eigenvalue weighted by Gasteiger charge is 1.93. The van der Waals surface area contributed by atoms with Gasteiger partial charge >= 0.3 is 0 Å². The van der Waals surface area contributed by atoms with E-state index in [1.807, 2.05) is 13.8 Å². The maximum absolute atomic E-state index is 12.5. The van der Waals surface area contributed by atoms with Crippen LogP contribution in [0.1, 0.15) is 20.3 Å². The zero-order chi connectivity index (χ0) is 12.2. The minimum Gasteiger partial charge on any atom is -0.494 e. The first kappa shape index (κ1) is 14.4. The second kappa shape index (κ2) is 9.96. The molecule has 0 bridgehead atoms. The number of halogens is 1. The fraction of sp³-hybridized carbons (Fsp3) is 0.417. The Bertz CT molecular complexity index is 286. The maximum atomic E-state index is 12.5. The molecule has 1 aromatic rings. The Morgan fingerprint density at radius 1 is 1.31 bits per heavy atom. The van der Waals surface area contributed by atoms with E-state index in [1.165, 1.54) is 18.5 Å². The Morgan fingerprint density at radius 3 is 2.50 bits per heavy atom. The topological polar surface area (TPSA) is 47.6 Å². The van der Waals surface area contributed by atoms with Crippen LogP contribution < -0.4 is 10.5 Å². The van der Waals surface area contributed by atoms with E-state index in [0.29, 0.717) is 18.9 Å². The third-order valence-electron chi connectivity index (χ3n) is 1.62. The van der Waals surface area contributed by atoms with Gasteiger partial charge in [-0.05, 0) is 24.3 Å². The average molecular weight is 226 g/mol. The van der Waals surface area contributed by atoms with Crippen molar-refractivity contribution in [2.24, 2.45) is 10.7 Å². The summed E-state index contributed by atoms with van der Waals surface area (Å²) in [5.74, 6) is 0.410. The monoisotopic (exact) mass is 226 g/mol.